The van der Waals surface area contributed by atoms with E-state index in [4.69, 9.17) is 0 Å². The van der Waals surface area contributed by atoms with Crippen LogP contribution in [0.15, 0.2) is 0 Å². The molecule has 0 saturated carbocycles. The van der Waals surface area contributed by atoms with Crippen molar-refractivity contribution < 1.29 is 27.4 Å². The van der Waals surface area contributed by atoms with E-state index in [0.29, 0.717) is 0 Å². The Bertz CT molecular complexity index is 6.00. The first-order valence-electron chi connectivity index (χ1n) is 0. The molecule has 0 heterocycles. The first-order valence-corrected chi connectivity index (χ1v) is 0. The molecule has 0 aliphatic heterocycles. The van der Waals surface area contributed by atoms with Gasteiger partial charge in [-0.25, -0.2) is 0 Å². The molecular formula is H6CaNiO2. The van der Waals surface area contributed by atoms with Crippen molar-refractivity contribution in [2.24, 2.45) is 0 Å². The van der Waals surface area contributed by atoms with Gasteiger partial charge in [0.15, 0.2) is 0 Å². The van der Waals surface area contributed by atoms with Gasteiger partial charge in [-0.3, -0.25) is 0 Å². The molecule has 0 unspecified atom stereocenters. The summed E-state index contributed by atoms with van der Waals surface area (Å²) in [4.78, 5) is 0. The second-order valence-electron chi connectivity index (χ2n) is 0. The maximum Gasteiger partial charge on any atom is 0 e. The summed E-state index contributed by atoms with van der Waals surface area (Å²) in [6, 6.07) is 0. The van der Waals surface area contributed by atoms with Crippen molar-refractivity contribution in [2.45, 2.75) is 0 Å². The van der Waals surface area contributed by atoms with E-state index in [1.807, 2.05) is 0 Å². The second kappa shape index (κ2) is 22.5. The first kappa shape index (κ1) is 44.3. The number of hydrogen-bond donors (Lipinski definition) is 0. The van der Waals surface area contributed by atoms with Gasteiger partial charge in [-0.2, -0.15) is 0 Å². The van der Waals surface area contributed by atoms with Crippen molar-refractivity contribution in [3.8, 4) is 0 Å². The van der Waals surface area contributed by atoms with Gasteiger partial charge in [-0.15, -0.1) is 0 Å². The predicted molar refractivity (Wildman–Crippen MR) is 15.8 cm³/mol. The number of hydrogen-bond acceptors (Lipinski definition) is 0. The van der Waals surface area contributed by atoms with Gasteiger partial charge in [-0.1, -0.05) is 0 Å². The fraction of sp³-hybridized carbons (Fsp3) is 0. The summed E-state index contributed by atoms with van der Waals surface area (Å²) >= 11 is 0. The van der Waals surface area contributed by atoms with Gasteiger partial charge in [0.1, 0.15) is 0 Å². The van der Waals surface area contributed by atoms with E-state index in [9.17, 15) is 0 Å². The maximum absolute atomic E-state index is 0. The smallest absolute Gasteiger partial charge is 0 e. The van der Waals surface area contributed by atoms with E-state index in [1.54, 1.807) is 0 Å². The fourth-order valence-electron chi connectivity index (χ4n) is 0. The molecule has 0 atom stereocenters. The van der Waals surface area contributed by atoms with E-state index < -0.39 is 0 Å². The van der Waals surface area contributed by atoms with Crippen LogP contribution in [-0.4, -0.2) is 48.7 Å². The van der Waals surface area contributed by atoms with Crippen LogP contribution in [0.25, 0.3) is 0 Å². The van der Waals surface area contributed by atoms with E-state index in [1.165, 1.54) is 0 Å². The van der Waals surface area contributed by atoms with Crippen molar-refractivity contribution >= 4 is 37.7 Å². The van der Waals surface area contributed by atoms with Gasteiger partial charge in [0, 0.05) is 16.5 Å². The van der Waals surface area contributed by atoms with E-state index in [0.717, 1.165) is 0 Å². The zero-order chi connectivity index (χ0) is 0. The molecule has 0 aromatic rings. The Morgan fingerprint density at radius 3 is 0.750 bits per heavy atom. The molecule has 0 aliphatic carbocycles. The molecule has 2 nitrogen and oxygen atoms in total. The fourth-order valence-corrected chi connectivity index (χ4v) is 0. The third-order valence-corrected chi connectivity index (χ3v) is 0. The van der Waals surface area contributed by atoms with E-state index >= 15 is 0 Å². The molecule has 0 aliphatic rings. The van der Waals surface area contributed by atoms with Crippen LogP contribution in [0.5, 0.6) is 0 Å². The summed E-state index contributed by atoms with van der Waals surface area (Å²) in [6.45, 7) is 0. The first-order chi connectivity index (χ1) is 0. The van der Waals surface area contributed by atoms with E-state index in [-0.39, 0.29) is 65.2 Å². The van der Waals surface area contributed by atoms with Crippen LogP contribution in [0.1, 0.15) is 0 Å². The zero-order valence-electron chi connectivity index (χ0n) is 1.32. The summed E-state index contributed by atoms with van der Waals surface area (Å²) < 4.78 is 0. The average molecular weight is 137 g/mol. The van der Waals surface area contributed by atoms with Crippen LogP contribution in [-0.2, 0) is 16.5 Å². The molecule has 30 valence electrons. The average Bonchev–Trinajstić information content (AvgIpc) is 0. The molecule has 0 rings (SSSR count). The normalized spacial score (nSPS) is 0. The van der Waals surface area contributed by atoms with Gasteiger partial charge < -0.3 is 11.0 Å². The van der Waals surface area contributed by atoms with Crippen LogP contribution < -0.4 is 0 Å². The van der Waals surface area contributed by atoms with Crippen molar-refractivity contribution in [2.75, 3.05) is 0 Å². The van der Waals surface area contributed by atoms with Gasteiger partial charge >= 0.3 is 37.7 Å². The predicted octanol–water partition coefficient (Wildman–Crippen LogP) is -2.57. The third-order valence-electron chi connectivity index (χ3n) is 0. The summed E-state index contributed by atoms with van der Waals surface area (Å²) in [5.41, 5.74) is 0. The zero-order valence-corrected chi connectivity index (χ0v) is 2.30. The monoisotopic (exact) mass is 136 g/mol. The third kappa shape index (κ3) is 9.38. The van der Waals surface area contributed by atoms with E-state index in [2.05, 4.69) is 0 Å². The molecule has 0 spiro atoms. The molecule has 4 N–H and O–H groups in total. The van der Waals surface area contributed by atoms with Crippen molar-refractivity contribution in [1.82, 2.24) is 0 Å². The largest absolute Gasteiger partial charge is 0 e. The van der Waals surface area contributed by atoms with Crippen LogP contribution in [0.2, 0.25) is 0 Å². The molecule has 0 aromatic carbocycles. The quantitative estimate of drug-likeness (QED) is 0.329. The van der Waals surface area contributed by atoms with Crippen LogP contribution >= 0.6 is 0 Å². The summed E-state index contributed by atoms with van der Waals surface area (Å²) in [5.74, 6) is 0. The Kier molecular flexibility index (Phi) is 249. The van der Waals surface area contributed by atoms with Gasteiger partial charge in [-0.05, 0) is 0 Å². The van der Waals surface area contributed by atoms with Crippen LogP contribution in [0.4, 0.5) is 0 Å². The molecule has 0 aromatic heterocycles. The molecule has 0 fully saturated rings. The molecule has 0 radical (unpaired) electrons. The Morgan fingerprint density at radius 1 is 0.750 bits per heavy atom. The standard InChI is InChI=1S/Ca.Ni.2H2O.2H/h;;2*1H2;;. The summed E-state index contributed by atoms with van der Waals surface area (Å²) in [6.07, 6.45) is 0. The SMILES string of the molecule is O.O.[CaH2].[Ni]. The molecule has 0 bridgehead atoms. The van der Waals surface area contributed by atoms with Crippen LogP contribution in [0, 0.1) is 0 Å². The topological polar surface area (TPSA) is 63.0 Å². The number of rotatable bonds is 0. The van der Waals surface area contributed by atoms with Gasteiger partial charge in [0.05, 0.1) is 0 Å². The maximum atomic E-state index is 0. The minimum Gasteiger partial charge on any atom is 0 e. The Labute approximate surface area is 64.5 Å². The Balaban J connectivity index is 0. The molecule has 4 heteroatoms. The van der Waals surface area contributed by atoms with Crippen molar-refractivity contribution in [3.05, 3.63) is 0 Å². The Hall–Kier alpha value is 1.67. The summed E-state index contributed by atoms with van der Waals surface area (Å²) in [5, 5.41) is 0. The minimum absolute atomic E-state index is 0. The molecule has 0 amide bonds. The minimum atomic E-state index is 0. The Morgan fingerprint density at radius 2 is 0.750 bits per heavy atom. The van der Waals surface area contributed by atoms with Gasteiger partial charge in [0.2, 0.25) is 0 Å². The van der Waals surface area contributed by atoms with Crippen molar-refractivity contribution in [1.29, 1.82) is 0 Å². The summed E-state index contributed by atoms with van der Waals surface area (Å²) in [7, 11) is 0. The van der Waals surface area contributed by atoms with Gasteiger partial charge in [0.25, 0.3) is 0 Å². The molecule has 0 saturated heterocycles. The second-order valence-corrected chi connectivity index (χ2v) is 0. The molecular weight excluding hydrogens is 131 g/mol. The van der Waals surface area contributed by atoms with Crippen LogP contribution in [0.3, 0.4) is 0 Å². The van der Waals surface area contributed by atoms with Crippen molar-refractivity contribution in [3.63, 3.8) is 0 Å². The molecule has 4 heavy (non-hydrogen) atoms.